The first-order valence-corrected chi connectivity index (χ1v) is 9.65. The summed E-state index contributed by atoms with van der Waals surface area (Å²) in [7, 11) is 3.11. The molecule has 1 aromatic carbocycles. The summed E-state index contributed by atoms with van der Waals surface area (Å²) in [6.07, 6.45) is 2.20. The lowest BCUT2D eigenvalue weighted by molar-refractivity contribution is -0.142. The number of hydrogen-bond acceptors (Lipinski definition) is 4. The Bertz CT molecular complexity index is 773. The van der Waals surface area contributed by atoms with Gasteiger partial charge in [0, 0.05) is 25.7 Å². The van der Waals surface area contributed by atoms with Crippen LogP contribution in [0.3, 0.4) is 0 Å². The molecule has 6 nitrogen and oxygen atoms in total. The molecule has 3 rings (SSSR count). The van der Waals surface area contributed by atoms with Crippen LogP contribution in [0, 0.1) is 17.0 Å². The number of piperidine rings is 2. The summed E-state index contributed by atoms with van der Waals surface area (Å²) in [5.74, 6) is -2.90. The molecule has 2 amide bonds. The highest BCUT2D eigenvalue weighted by molar-refractivity contribution is 5.95. The molecule has 2 aliphatic heterocycles. The molecule has 0 aromatic heterocycles. The summed E-state index contributed by atoms with van der Waals surface area (Å²) in [4.78, 5) is 29.5. The second kappa shape index (κ2) is 8.03. The van der Waals surface area contributed by atoms with Crippen molar-refractivity contribution < 1.29 is 23.1 Å². The number of rotatable bonds is 4. The molecule has 0 saturated carbocycles. The second-order valence-electron chi connectivity index (χ2n) is 7.56. The van der Waals surface area contributed by atoms with Gasteiger partial charge in [0.05, 0.1) is 18.1 Å². The Morgan fingerprint density at radius 1 is 1.29 bits per heavy atom. The Hall–Kier alpha value is -2.22. The van der Waals surface area contributed by atoms with Crippen molar-refractivity contribution in [2.45, 2.75) is 32.2 Å². The number of hydrogen-bond donors (Lipinski definition) is 1. The van der Waals surface area contributed by atoms with Crippen LogP contribution in [-0.2, 0) is 4.79 Å². The SMILES string of the molecule is CCNC(=O)[C@@]12CCCN(C)[C@H]1CN(C(=O)c1ccc(F)c(OC)c1F)CC2. The van der Waals surface area contributed by atoms with Crippen LogP contribution in [0.1, 0.15) is 36.5 Å². The molecule has 0 spiro atoms. The van der Waals surface area contributed by atoms with Gasteiger partial charge in [-0.05, 0) is 51.9 Å². The van der Waals surface area contributed by atoms with Crippen LogP contribution in [0.2, 0.25) is 0 Å². The maximum absolute atomic E-state index is 14.6. The number of likely N-dealkylation sites (N-methyl/N-ethyl adjacent to an activating group) is 1. The van der Waals surface area contributed by atoms with Gasteiger partial charge in [-0.1, -0.05) is 0 Å². The summed E-state index contributed by atoms with van der Waals surface area (Å²) < 4.78 is 33.0. The lowest BCUT2D eigenvalue weighted by Gasteiger charge is -2.53. The number of likely N-dealkylation sites (tertiary alicyclic amines) is 2. The minimum absolute atomic E-state index is 0.0216. The molecule has 0 radical (unpaired) electrons. The van der Waals surface area contributed by atoms with Gasteiger partial charge in [-0.3, -0.25) is 9.59 Å². The van der Waals surface area contributed by atoms with E-state index in [0.29, 0.717) is 26.1 Å². The summed E-state index contributed by atoms with van der Waals surface area (Å²) in [5.41, 5.74) is -0.763. The molecule has 1 aromatic rings. The summed E-state index contributed by atoms with van der Waals surface area (Å²) >= 11 is 0. The Morgan fingerprint density at radius 3 is 2.71 bits per heavy atom. The molecule has 8 heteroatoms. The van der Waals surface area contributed by atoms with Crippen LogP contribution in [0.5, 0.6) is 5.75 Å². The highest BCUT2D eigenvalue weighted by Gasteiger charge is 2.52. The quantitative estimate of drug-likeness (QED) is 0.848. The number of amides is 2. The zero-order valence-corrected chi connectivity index (χ0v) is 16.6. The van der Waals surface area contributed by atoms with Crippen molar-refractivity contribution in [2.24, 2.45) is 5.41 Å². The Morgan fingerprint density at radius 2 is 2.04 bits per heavy atom. The first-order valence-electron chi connectivity index (χ1n) is 9.65. The van der Waals surface area contributed by atoms with E-state index in [-0.39, 0.29) is 17.5 Å². The van der Waals surface area contributed by atoms with Gasteiger partial charge in [0.1, 0.15) is 0 Å². The monoisotopic (exact) mass is 395 g/mol. The number of ether oxygens (including phenoxy) is 1. The van der Waals surface area contributed by atoms with Crippen molar-refractivity contribution >= 4 is 11.8 Å². The van der Waals surface area contributed by atoms with Crippen LogP contribution in [0.25, 0.3) is 0 Å². The minimum Gasteiger partial charge on any atom is -0.491 e. The zero-order chi connectivity index (χ0) is 20.5. The predicted octanol–water partition coefficient (Wildman–Crippen LogP) is 2.04. The van der Waals surface area contributed by atoms with Crippen LogP contribution in [0.4, 0.5) is 8.78 Å². The van der Waals surface area contributed by atoms with Gasteiger partial charge in [-0.25, -0.2) is 8.78 Å². The number of benzene rings is 1. The van der Waals surface area contributed by atoms with Crippen LogP contribution < -0.4 is 10.1 Å². The lowest BCUT2D eigenvalue weighted by Crippen LogP contribution is -2.65. The summed E-state index contributed by atoms with van der Waals surface area (Å²) in [5, 5.41) is 2.94. The molecule has 0 unspecified atom stereocenters. The van der Waals surface area contributed by atoms with Gasteiger partial charge in [-0.2, -0.15) is 0 Å². The van der Waals surface area contributed by atoms with Crippen LogP contribution in [0.15, 0.2) is 12.1 Å². The van der Waals surface area contributed by atoms with Crippen molar-refractivity contribution in [3.8, 4) is 5.75 Å². The number of nitrogens with zero attached hydrogens (tertiary/aromatic N) is 2. The third-order valence-electron chi connectivity index (χ3n) is 6.09. The normalized spacial score (nSPS) is 25.2. The number of carbonyl (C=O) groups excluding carboxylic acids is 2. The van der Waals surface area contributed by atoms with Crippen molar-refractivity contribution in [1.29, 1.82) is 0 Å². The standard InChI is InChI=1S/C20H27F2N3O3/c1-4-23-19(27)20-8-5-10-24(2)15(20)12-25(11-9-20)18(26)13-6-7-14(21)17(28-3)16(13)22/h6-7,15H,4-5,8-12H2,1-3H3,(H,23,27)/t15-,20+/m0/s1. The molecule has 0 aliphatic carbocycles. The molecule has 2 atom stereocenters. The number of methoxy groups -OCH3 is 1. The maximum atomic E-state index is 14.6. The molecule has 0 bridgehead atoms. The van der Waals surface area contributed by atoms with Crippen LogP contribution >= 0.6 is 0 Å². The maximum Gasteiger partial charge on any atom is 0.257 e. The molecule has 1 N–H and O–H groups in total. The van der Waals surface area contributed by atoms with Crippen LogP contribution in [-0.4, -0.2) is 68.0 Å². The van der Waals surface area contributed by atoms with E-state index in [9.17, 15) is 18.4 Å². The van der Waals surface area contributed by atoms with Crippen molar-refractivity contribution in [2.75, 3.05) is 40.3 Å². The summed E-state index contributed by atoms with van der Waals surface area (Å²) in [6, 6.07) is 2.03. The summed E-state index contributed by atoms with van der Waals surface area (Å²) in [6.45, 7) is 3.96. The largest absolute Gasteiger partial charge is 0.491 e. The van der Waals surface area contributed by atoms with E-state index < -0.39 is 28.7 Å². The fourth-order valence-corrected chi connectivity index (χ4v) is 4.58. The van der Waals surface area contributed by atoms with E-state index in [1.165, 1.54) is 0 Å². The van der Waals surface area contributed by atoms with E-state index in [4.69, 9.17) is 4.74 Å². The average Bonchev–Trinajstić information content (AvgIpc) is 2.68. The van der Waals surface area contributed by atoms with Gasteiger partial charge >= 0.3 is 0 Å². The van der Waals surface area contributed by atoms with Gasteiger partial charge in [0.2, 0.25) is 5.91 Å². The topological polar surface area (TPSA) is 61.9 Å². The zero-order valence-electron chi connectivity index (χ0n) is 16.6. The fraction of sp³-hybridized carbons (Fsp3) is 0.600. The molecule has 154 valence electrons. The average molecular weight is 395 g/mol. The van der Waals surface area contributed by atoms with Crippen molar-refractivity contribution in [1.82, 2.24) is 15.1 Å². The number of halogens is 2. The van der Waals surface area contributed by atoms with Gasteiger partial charge in [0.15, 0.2) is 17.4 Å². The Balaban J connectivity index is 1.87. The molecular weight excluding hydrogens is 368 g/mol. The highest BCUT2D eigenvalue weighted by atomic mass is 19.1. The van der Waals surface area contributed by atoms with E-state index in [2.05, 4.69) is 10.2 Å². The molecular formula is C20H27F2N3O3. The minimum atomic E-state index is -0.995. The molecule has 2 saturated heterocycles. The van der Waals surface area contributed by atoms with E-state index >= 15 is 0 Å². The van der Waals surface area contributed by atoms with Crippen molar-refractivity contribution in [3.05, 3.63) is 29.3 Å². The molecule has 28 heavy (non-hydrogen) atoms. The number of fused-ring (bicyclic) bond motifs is 1. The van der Waals surface area contributed by atoms with E-state index in [1.807, 2.05) is 14.0 Å². The Kier molecular flexibility index (Phi) is 5.88. The molecule has 2 fully saturated rings. The lowest BCUT2D eigenvalue weighted by atomic mass is 9.67. The molecule has 2 aliphatic rings. The predicted molar refractivity (Wildman–Crippen MR) is 100 cm³/mol. The fourth-order valence-electron chi connectivity index (χ4n) is 4.58. The smallest absolute Gasteiger partial charge is 0.257 e. The Labute approximate surface area is 163 Å². The van der Waals surface area contributed by atoms with Gasteiger partial charge in [-0.15, -0.1) is 0 Å². The van der Waals surface area contributed by atoms with Gasteiger partial charge in [0.25, 0.3) is 5.91 Å². The first kappa shape index (κ1) is 20.5. The second-order valence-corrected chi connectivity index (χ2v) is 7.56. The molecule has 2 heterocycles. The number of nitrogens with one attached hydrogen (secondary N) is 1. The van der Waals surface area contributed by atoms with E-state index in [1.54, 1.807) is 4.90 Å². The third kappa shape index (κ3) is 3.34. The van der Waals surface area contributed by atoms with E-state index in [0.717, 1.165) is 38.6 Å². The van der Waals surface area contributed by atoms with Crippen molar-refractivity contribution in [3.63, 3.8) is 0 Å². The third-order valence-corrected chi connectivity index (χ3v) is 6.09. The first-order chi connectivity index (χ1) is 13.4. The van der Waals surface area contributed by atoms with Gasteiger partial charge < -0.3 is 19.9 Å². The highest BCUT2D eigenvalue weighted by Crippen LogP contribution is 2.42. The number of carbonyl (C=O) groups is 2.